The first-order valence-electron chi connectivity index (χ1n) is 6.32. The largest absolute Gasteiger partial charge is 0.354 e. The van der Waals surface area contributed by atoms with Crippen LogP contribution in [0.4, 0.5) is 5.82 Å². The number of nitrogens with zero attached hydrogens (tertiary/aromatic N) is 4. The molecule has 8 heteroatoms. The number of nitrogens with one attached hydrogen (secondary N) is 1. The molecule has 0 atom stereocenters. The second-order valence-corrected chi connectivity index (χ2v) is 6.40. The van der Waals surface area contributed by atoms with Crippen LogP contribution in [0.1, 0.15) is 0 Å². The number of H-pyrrole nitrogens is 1. The number of anilines is 1. The van der Waals surface area contributed by atoms with E-state index < -0.39 is 10.0 Å². The summed E-state index contributed by atoms with van der Waals surface area (Å²) in [4.78, 5) is 12.8. The van der Waals surface area contributed by atoms with E-state index in [4.69, 9.17) is 0 Å². The van der Waals surface area contributed by atoms with Gasteiger partial charge in [-0.3, -0.25) is 0 Å². The van der Waals surface area contributed by atoms with Crippen LogP contribution in [0.25, 0.3) is 0 Å². The fourth-order valence-corrected chi connectivity index (χ4v) is 3.54. The minimum Gasteiger partial charge on any atom is -0.354 e. The van der Waals surface area contributed by atoms with Gasteiger partial charge in [-0.2, -0.15) is 4.31 Å². The lowest BCUT2D eigenvalue weighted by atomic mass is 10.3. The number of rotatable bonds is 3. The molecule has 0 bridgehead atoms. The Morgan fingerprint density at radius 3 is 2.55 bits per heavy atom. The van der Waals surface area contributed by atoms with Gasteiger partial charge in [0.05, 0.1) is 12.5 Å². The lowest BCUT2D eigenvalue weighted by Crippen LogP contribution is -2.49. The van der Waals surface area contributed by atoms with Crippen LogP contribution in [-0.4, -0.2) is 53.9 Å². The molecule has 3 heterocycles. The third kappa shape index (κ3) is 2.39. The number of pyridine rings is 1. The van der Waals surface area contributed by atoms with Crippen molar-refractivity contribution in [3.8, 4) is 0 Å². The molecule has 2 aromatic rings. The first-order valence-corrected chi connectivity index (χ1v) is 7.76. The Bertz CT molecular complexity index is 648. The van der Waals surface area contributed by atoms with Crippen LogP contribution in [0.15, 0.2) is 41.9 Å². The number of aromatic amines is 1. The zero-order valence-corrected chi connectivity index (χ0v) is 11.6. The van der Waals surface area contributed by atoms with Crippen molar-refractivity contribution in [2.75, 3.05) is 31.1 Å². The van der Waals surface area contributed by atoms with Crippen LogP contribution < -0.4 is 4.90 Å². The van der Waals surface area contributed by atoms with Crippen molar-refractivity contribution in [2.24, 2.45) is 0 Å². The highest BCUT2D eigenvalue weighted by atomic mass is 32.2. The summed E-state index contributed by atoms with van der Waals surface area (Å²) >= 11 is 0. The lowest BCUT2D eigenvalue weighted by Gasteiger charge is -2.34. The quantitative estimate of drug-likeness (QED) is 0.881. The predicted octanol–water partition coefficient (Wildman–Crippen LogP) is 0.316. The SMILES string of the molecule is O=S(=O)(c1cnc[nH]1)N1CCN(c2ccccn2)CC1. The van der Waals surface area contributed by atoms with Gasteiger partial charge in [0.2, 0.25) is 0 Å². The number of aromatic nitrogens is 3. The van der Waals surface area contributed by atoms with Crippen LogP contribution in [-0.2, 0) is 10.0 Å². The average Bonchev–Trinajstić information content (AvgIpc) is 3.03. The normalized spacial score (nSPS) is 17.3. The Hall–Kier alpha value is -1.93. The molecule has 0 amide bonds. The zero-order valence-electron chi connectivity index (χ0n) is 10.8. The fraction of sp³-hybridized carbons (Fsp3) is 0.333. The number of piperazine rings is 1. The van der Waals surface area contributed by atoms with Crippen LogP contribution in [0.3, 0.4) is 0 Å². The van der Waals surface area contributed by atoms with E-state index in [1.807, 2.05) is 18.2 Å². The van der Waals surface area contributed by atoms with Gasteiger partial charge < -0.3 is 9.88 Å². The summed E-state index contributed by atoms with van der Waals surface area (Å²) in [6.45, 7) is 2.14. The molecule has 106 valence electrons. The van der Waals surface area contributed by atoms with Crippen LogP contribution in [0.2, 0.25) is 0 Å². The molecule has 0 aliphatic carbocycles. The smallest absolute Gasteiger partial charge is 0.260 e. The number of hydrogen-bond donors (Lipinski definition) is 1. The second kappa shape index (κ2) is 5.22. The zero-order chi connectivity index (χ0) is 14.0. The number of imidazole rings is 1. The van der Waals surface area contributed by atoms with Crippen molar-refractivity contribution in [3.05, 3.63) is 36.9 Å². The molecule has 1 aliphatic rings. The standard InChI is InChI=1S/C12H15N5O2S/c18-20(19,12-9-13-10-15-12)17-7-5-16(6-8-17)11-3-1-2-4-14-11/h1-4,9-10H,5-8H2,(H,13,15). The molecule has 3 rings (SSSR count). The van der Waals surface area contributed by atoms with Gasteiger partial charge in [0.25, 0.3) is 10.0 Å². The molecule has 1 aliphatic heterocycles. The molecule has 0 unspecified atom stereocenters. The molecule has 7 nitrogen and oxygen atoms in total. The third-order valence-corrected chi connectivity index (χ3v) is 5.13. The molecular weight excluding hydrogens is 278 g/mol. The van der Waals surface area contributed by atoms with Crippen LogP contribution in [0, 0.1) is 0 Å². The molecule has 0 saturated carbocycles. The van der Waals surface area contributed by atoms with E-state index in [1.54, 1.807) is 6.20 Å². The Labute approximate surface area is 117 Å². The summed E-state index contributed by atoms with van der Waals surface area (Å²) in [5.41, 5.74) is 0. The number of sulfonamides is 1. The van der Waals surface area contributed by atoms with E-state index in [2.05, 4.69) is 19.9 Å². The summed E-state index contributed by atoms with van der Waals surface area (Å²) in [7, 11) is -3.46. The maximum absolute atomic E-state index is 12.3. The minimum absolute atomic E-state index is 0.142. The van der Waals surface area contributed by atoms with Crippen LogP contribution >= 0.6 is 0 Å². The monoisotopic (exact) mass is 293 g/mol. The van der Waals surface area contributed by atoms with Gasteiger partial charge in [0.15, 0.2) is 5.03 Å². The van der Waals surface area contributed by atoms with E-state index >= 15 is 0 Å². The second-order valence-electron chi connectivity index (χ2n) is 4.49. The Balaban J connectivity index is 1.70. The van der Waals surface area contributed by atoms with Crippen molar-refractivity contribution < 1.29 is 8.42 Å². The maximum Gasteiger partial charge on any atom is 0.260 e. The molecule has 2 aromatic heterocycles. The topological polar surface area (TPSA) is 82.2 Å². The van der Waals surface area contributed by atoms with Crippen LogP contribution in [0.5, 0.6) is 0 Å². The predicted molar refractivity (Wildman–Crippen MR) is 73.8 cm³/mol. The highest BCUT2D eigenvalue weighted by molar-refractivity contribution is 7.89. The molecular formula is C12H15N5O2S. The molecule has 0 spiro atoms. The summed E-state index contributed by atoms with van der Waals surface area (Å²) in [6.07, 6.45) is 4.44. The van der Waals surface area contributed by atoms with E-state index in [0.717, 1.165) is 5.82 Å². The van der Waals surface area contributed by atoms with Gasteiger partial charge in [0.1, 0.15) is 5.82 Å². The van der Waals surface area contributed by atoms with E-state index in [0.29, 0.717) is 26.2 Å². The summed E-state index contributed by atoms with van der Waals surface area (Å²) in [5, 5.41) is 0.142. The maximum atomic E-state index is 12.3. The van der Waals surface area contributed by atoms with Crippen molar-refractivity contribution in [3.63, 3.8) is 0 Å². The Kier molecular flexibility index (Phi) is 3.41. The van der Waals surface area contributed by atoms with Gasteiger partial charge in [0, 0.05) is 32.4 Å². The average molecular weight is 293 g/mol. The van der Waals surface area contributed by atoms with E-state index in [-0.39, 0.29) is 5.03 Å². The van der Waals surface area contributed by atoms with Crippen molar-refractivity contribution >= 4 is 15.8 Å². The van der Waals surface area contributed by atoms with Crippen molar-refractivity contribution in [1.29, 1.82) is 0 Å². The summed E-state index contributed by atoms with van der Waals surface area (Å²) in [5.74, 6) is 0.881. The Morgan fingerprint density at radius 1 is 1.15 bits per heavy atom. The van der Waals surface area contributed by atoms with Gasteiger partial charge in [-0.25, -0.2) is 18.4 Å². The fourth-order valence-electron chi connectivity index (χ4n) is 2.22. The molecule has 0 aromatic carbocycles. The molecule has 1 N–H and O–H groups in total. The third-order valence-electron chi connectivity index (χ3n) is 3.30. The minimum atomic E-state index is -3.46. The highest BCUT2D eigenvalue weighted by Crippen LogP contribution is 2.17. The first kappa shape index (κ1) is 13.1. The molecule has 0 radical (unpaired) electrons. The van der Waals surface area contributed by atoms with Gasteiger partial charge >= 0.3 is 0 Å². The summed E-state index contributed by atoms with van der Waals surface area (Å²) in [6, 6.07) is 5.72. The summed E-state index contributed by atoms with van der Waals surface area (Å²) < 4.78 is 26.1. The van der Waals surface area contributed by atoms with Gasteiger partial charge in [-0.05, 0) is 12.1 Å². The molecule has 1 fully saturated rings. The molecule has 1 saturated heterocycles. The van der Waals surface area contributed by atoms with Gasteiger partial charge in [-0.15, -0.1) is 0 Å². The van der Waals surface area contributed by atoms with E-state index in [9.17, 15) is 8.42 Å². The van der Waals surface area contributed by atoms with E-state index in [1.165, 1.54) is 16.8 Å². The highest BCUT2D eigenvalue weighted by Gasteiger charge is 2.29. The Morgan fingerprint density at radius 2 is 1.95 bits per heavy atom. The first-order chi connectivity index (χ1) is 9.68. The van der Waals surface area contributed by atoms with Crippen molar-refractivity contribution in [1.82, 2.24) is 19.3 Å². The number of hydrogen-bond acceptors (Lipinski definition) is 5. The lowest BCUT2D eigenvalue weighted by molar-refractivity contribution is 0.382. The van der Waals surface area contributed by atoms with Crippen molar-refractivity contribution in [2.45, 2.75) is 5.03 Å². The van der Waals surface area contributed by atoms with Gasteiger partial charge in [-0.1, -0.05) is 6.07 Å². The molecule has 20 heavy (non-hydrogen) atoms.